The Balaban J connectivity index is 1.86. The van der Waals surface area contributed by atoms with E-state index in [4.69, 9.17) is 10.6 Å². The number of rotatable bonds is 7. The van der Waals surface area contributed by atoms with Crippen LogP contribution in [0.25, 0.3) is 6.08 Å². The van der Waals surface area contributed by atoms with Gasteiger partial charge in [-0.05, 0) is 57.8 Å². The molecule has 0 spiro atoms. The van der Waals surface area contributed by atoms with Crippen molar-refractivity contribution in [2.75, 3.05) is 19.7 Å². The Kier molecular flexibility index (Phi) is 6.11. The van der Waals surface area contributed by atoms with E-state index in [2.05, 4.69) is 16.4 Å². The summed E-state index contributed by atoms with van der Waals surface area (Å²) in [6.07, 6.45) is 4.17. The zero-order chi connectivity index (χ0) is 18.7. The second-order valence-corrected chi connectivity index (χ2v) is 8.11. The van der Waals surface area contributed by atoms with Gasteiger partial charge in [-0.25, -0.2) is 10.1 Å². The topological polar surface area (TPSA) is 80.0 Å². The molecular formula is C19H28N4O2S. The van der Waals surface area contributed by atoms with Gasteiger partial charge in [0.05, 0.1) is 23.2 Å². The molecule has 0 saturated carbocycles. The Morgan fingerprint density at radius 2 is 2.27 bits per heavy atom. The molecule has 0 bridgehead atoms. The summed E-state index contributed by atoms with van der Waals surface area (Å²) in [6, 6.07) is 2.12. The fourth-order valence-electron chi connectivity index (χ4n) is 3.08. The van der Waals surface area contributed by atoms with Crippen molar-refractivity contribution in [3.63, 3.8) is 0 Å². The van der Waals surface area contributed by atoms with Gasteiger partial charge < -0.3 is 11.1 Å². The summed E-state index contributed by atoms with van der Waals surface area (Å²) < 4.78 is 0. The lowest BCUT2D eigenvalue weighted by Crippen LogP contribution is -2.42. The SMILES string of the molecule is CCON(C(=O)C1=Cc2sc(CC3CNC3)cc2N=C(N)C1)C(C)CC. The van der Waals surface area contributed by atoms with Gasteiger partial charge in [0, 0.05) is 16.9 Å². The first-order valence-electron chi connectivity index (χ1n) is 9.35. The second kappa shape index (κ2) is 8.33. The number of nitrogens with two attached hydrogens (primary N) is 1. The van der Waals surface area contributed by atoms with Crippen LogP contribution in [0.1, 0.15) is 43.4 Å². The zero-order valence-electron chi connectivity index (χ0n) is 15.7. The Labute approximate surface area is 159 Å². The van der Waals surface area contributed by atoms with E-state index in [1.165, 1.54) is 9.94 Å². The highest BCUT2D eigenvalue weighted by molar-refractivity contribution is 7.13. The molecule has 2 aliphatic rings. The van der Waals surface area contributed by atoms with Crippen molar-refractivity contribution in [3.8, 4) is 0 Å². The van der Waals surface area contributed by atoms with E-state index in [0.29, 0.717) is 30.4 Å². The number of hydrogen-bond donors (Lipinski definition) is 2. The number of aliphatic imine (C=N–C) groups is 1. The average molecular weight is 377 g/mol. The maximum atomic E-state index is 13.1. The third-order valence-electron chi connectivity index (χ3n) is 4.82. The van der Waals surface area contributed by atoms with Gasteiger partial charge in [-0.1, -0.05) is 6.92 Å². The van der Waals surface area contributed by atoms with E-state index < -0.39 is 0 Å². The van der Waals surface area contributed by atoms with Gasteiger partial charge in [-0.15, -0.1) is 11.3 Å². The normalized spacial score (nSPS) is 18.3. The number of hydroxylamine groups is 2. The summed E-state index contributed by atoms with van der Waals surface area (Å²) in [7, 11) is 0. The van der Waals surface area contributed by atoms with Crippen LogP contribution in [0.2, 0.25) is 0 Å². The number of fused-ring (bicyclic) bond motifs is 1. The molecular weight excluding hydrogens is 348 g/mol. The fraction of sp³-hybridized carbons (Fsp3) is 0.579. The molecule has 3 N–H and O–H groups in total. The molecule has 142 valence electrons. The zero-order valence-corrected chi connectivity index (χ0v) is 16.6. The first-order chi connectivity index (χ1) is 12.5. The van der Waals surface area contributed by atoms with Gasteiger partial charge in [0.25, 0.3) is 5.91 Å². The molecule has 1 saturated heterocycles. The Hall–Kier alpha value is -1.70. The summed E-state index contributed by atoms with van der Waals surface area (Å²) in [5.41, 5.74) is 7.62. The molecule has 0 aliphatic carbocycles. The van der Waals surface area contributed by atoms with Crippen LogP contribution < -0.4 is 11.1 Å². The molecule has 3 heterocycles. The highest BCUT2D eigenvalue weighted by Crippen LogP contribution is 2.36. The first-order valence-corrected chi connectivity index (χ1v) is 10.2. The summed E-state index contributed by atoms with van der Waals surface area (Å²) in [5, 5.41) is 4.79. The number of nitrogens with one attached hydrogen (secondary N) is 1. The number of carbonyl (C=O) groups excluding carboxylic acids is 1. The molecule has 1 fully saturated rings. The maximum absolute atomic E-state index is 13.1. The molecule has 3 rings (SSSR count). The van der Waals surface area contributed by atoms with Crippen LogP contribution in [0.3, 0.4) is 0 Å². The number of amides is 1. The average Bonchev–Trinajstić information content (AvgIpc) is 2.87. The minimum absolute atomic E-state index is 0.00856. The standard InChI is InChI=1S/C19H28N4O2S/c1-4-12(3)23(25-5-2)19(24)14-7-17-16(22-18(20)8-14)9-15(26-17)6-13-10-21-11-13/h7,9,12-13,21H,4-6,8,10-11H2,1-3H3,(H2,20,22). The van der Waals surface area contributed by atoms with Crippen LogP contribution in [0.5, 0.6) is 0 Å². The Bertz CT molecular complexity index is 721. The smallest absolute Gasteiger partial charge is 0.274 e. The molecule has 26 heavy (non-hydrogen) atoms. The van der Waals surface area contributed by atoms with Crippen LogP contribution in [0.4, 0.5) is 5.69 Å². The molecule has 0 radical (unpaired) electrons. The van der Waals surface area contributed by atoms with Crippen molar-refractivity contribution in [2.24, 2.45) is 16.6 Å². The lowest BCUT2D eigenvalue weighted by atomic mass is 9.98. The molecule has 1 atom stereocenters. The van der Waals surface area contributed by atoms with E-state index >= 15 is 0 Å². The second-order valence-electron chi connectivity index (χ2n) is 6.95. The van der Waals surface area contributed by atoms with Crippen molar-refractivity contribution in [2.45, 2.75) is 46.1 Å². The van der Waals surface area contributed by atoms with Crippen LogP contribution in [-0.4, -0.2) is 42.5 Å². The van der Waals surface area contributed by atoms with Gasteiger partial charge in [-0.2, -0.15) is 0 Å². The third kappa shape index (κ3) is 4.16. The number of nitrogens with zero attached hydrogens (tertiary/aromatic N) is 2. The molecule has 1 amide bonds. The third-order valence-corrected chi connectivity index (χ3v) is 5.92. The summed E-state index contributed by atoms with van der Waals surface area (Å²) in [5.74, 6) is 1.05. The fourth-order valence-corrected chi connectivity index (χ4v) is 4.27. The van der Waals surface area contributed by atoms with Gasteiger partial charge in [-0.3, -0.25) is 9.63 Å². The maximum Gasteiger partial charge on any atom is 0.274 e. The summed E-state index contributed by atoms with van der Waals surface area (Å²) >= 11 is 1.71. The van der Waals surface area contributed by atoms with E-state index in [-0.39, 0.29) is 11.9 Å². The minimum Gasteiger partial charge on any atom is -0.387 e. The Morgan fingerprint density at radius 3 is 2.88 bits per heavy atom. The predicted octanol–water partition coefficient (Wildman–Crippen LogP) is 2.86. The molecule has 0 aromatic carbocycles. The van der Waals surface area contributed by atoms with E-state index in [9.17, 15) is 4.79 Å². The monoisotopic (exact) mass is 376 g/mol. The Morgan fingerprint density at radius 1 is 1.50 bits per heavy atom. The lowest BCUT2D eigenvalue weighted by molar-refractivity contribution is -0.192. The van der Waals surface area contributed by atoms with Crippen molar-refractivity contribution in [3.05, 3.63) is 21.4 Å². The van der Waals surface area contributed by atoms with Crippen molar-refractivity contribution in [1.29, 1.82) is 0 Å². The molecule has 2 aliphatic heterocycles. The lowest BCUT2D eigenvalue weighted by Gasteiger charge is -2.27. The van der Waals surface area contributed by atoms with Gasteiger partial charge in [0.15, 0.2) is 0 Å². The van der Waals surface area contributed by atoms with Gasteiger partial charge in [0.1, 0.15) is 5.84 Å². The van der Waals surface area contributed by atoms with Crippen molar-refractivity contribution in [1.82, 2.24) is 10.4 Å². The quantitative estimate of drug-likeness (QED) is 0.717. The summed E-state index contributed by atoms with van der Waals surface area (Å²) in [4.78, 5) is 25.5. The number of carbonyl (C=O) groups is 1. The number of amidine groups is 1. The van der Waals surface area contributed by atoms with Gasteiger partial charge >= 0.3 is 0 Å². The van der Waals surface area contributed by atoms with E-state index in [0.717, 1.165) is 36.5 Å². The highest BCUT2D eigenvalue weighted by atomic mass is 32.1. The molecule has 1 aromatic heterocycles. The van der Waals surface area contributed by atoms with Crippen LogP contribution >= 0.6 is 11.3 Å². The molecule has 7 heteroatoms. The minimum atomic E-state index is -0.120. The summed E-state index contributed by atoms with van der Waals surface area (Å²) in [6.45, 7) is 8.52. The number of thiophene rings is 1. The van der Waals surface area contributed by atoms with Crippen LogP contribution in [0, 0.1) is 5.92 Å². The van der Waals surface area contributed by atoms with Crippen LogP contribution in [0.15, 0.2) is 16.6 Å². The van der Waals surface area contributed by atoms with Gasteiger partial charge in [0.2, 0.25) is 0 Å². The highest BCUT2D eigenvalue weighted by Gasteiger charge is 2.26. The van der Waals surface area contributed by atoms with E-state index in [1.807, 2.05) is 26.8 Å². The van der Waals surface area contributed by atoms with Crippen LogP contribution in [-0.2, 0) is 16.1 Å². The molecule has 1 aromatic rings. The van der Waals surface area contributed by atoms with E-state index in [1.54, 1.807) is 11.3 Å². The first kappa shape index (κ1) is 19.1. The van der Waals surface area contributed by atoms with Crippen molar-refractivity contribution >= 4 is 34.8 Å². The number of hydrogen-bond acceptors (Lipinski definition) is 6. The largest absolute Gasteiger partial charge is 0.387 e. The molecule has 6 nitrogen and oxygen atoms in total. The molecule has 1 unspecified atom stereocenters. The predicted molar refractivity (Wildman–Crippen MR) is 106 cm³/mol. The van der Waals surface area contributed by atoms with Crippen molar-refractivity contribution < 1.29 is 9.63 Å².